The smallest absolute Gasteiger partial charge is 0.791 e. The normalized spacial score (nSPS) is 9.47. The van der Waals surface area contributed by atoms with Gasteiger partial charge in [-0.3, -0.25) is 0 Å². The average Bonchev–Trinajstić information content (AvgIpc) is 2.18. The molecule has 0 aromatic rings. The summed E-state index contributed by atoms with van der Waals surface area (Å²) in [6, 6.07) is 0. The van der Waals surface area contributed by atoms with Crippen LogP contribution >= 0.6 is 0 Å². The SMILES string of the molecule is CN(C)CC[S-].CN(C)CC[S-].CN(C)CC[S-].[Sb+3]. The van der Waals surface area contributed by atoms with Gasteiger partial charge in [-0.05, 0) is 61.9 Å². The third-order valence-corrected chi connectivity index (χ3v) is 2.16. The Balaban J connectivity index is -0.0000000865. The first-order valence-corrected chi connectivity index (χ1v) is 7.73. The topological polar surface area (TPSA) is 9.72 Å². The Hall–Kier alpha value is 1.75. The maximum absolute atomic E-state index is 4.69. The van der Waals surface area contributed by atoms with Crippen LogP contribution in [0.5, 0.6) is 0 Å². The van der Waals surface area contributed by atoms with Crippen molar-refractivity contribution in [2.24, 2.45) is 0 Å². The van der Waals surface area contributed by atoms with Crippen LogP contribution in [-0.4, -0.2) is 118 Å². The maximum atomic E-state index is 4.69. The Bertz CT molecular complexity index is 116. The molecule has 0 heterocycles. The van der Waals surface area contributed by atoms with E-state index in [1.165, 1.54) is 0 Å². The summed E-state index contributed by atoms with van der Waals surface area (Å²) in [5.41, 5.74) is 0. The van der Waals surface area contributed by atoms with E-state index >= 15 is 0 Å². The van der Waals surface area contributed by atoms with Crippen LogP contribution in [0, 0.1) is 0 Å². The van der Waals surface area contributed by atoms with E-state index in [-0.39, 0.29) is 24.4 Å². The molecule has 0 aromatic heterocycles. The number of hydrogen-bond donors (Lipinski definition) is 0. The van der Waals surface area contributed by atoms with E-state index in [4.69, 9.17) is 0 Å². The number of nitrogens with zero attached hydrogens (tertiary/aromatic N) is 3. The maximum Gasteiger partial charge on any atom is 3.00 e. The van der Waals surface area contributed by atoms with Crippen LogP contribution in [0.25, 0.3) is 0 Å². The van der Waals surface area contributed by atoms with Gasteiger partial charge in [0.05, 0.1) is 0 Å². The van der Waals surface area contributed by atoms with Gasteiger partial charge in [0.15, 0.2) is 0 Å². The molecule has 0 saturated heterocycles. The van der Waals surface area contributed by atoms with Gasteiger partial charge in [0.1, 0.15) is 0 Å². The minimum absolute atomic E-state index is 0. The Kier molecular flexibility index (Phi) is 37.6. The van der Waals surface area contributed by atoms with E-state index in [0.29, 0.717) is 0 Å². The van der Waals surface area contributed by atoms with Gasteiger partial charge >= 0.3 is 24.4 Å². The van der Waals surface area contributed by atoms with Crippen molar-refractivity contribution in [3.8, 4) is 0 Å². The fraction of sp³-hybridized carbons (Fsp3) is 1.00. The minimum atomic E-state index is 0. The van der Waals surface area contributed by atoms with E-state index in [0.717, 1.165) is 36.9 Å². The molecule has 0 bridgehead atoms. The molecule has 0 N–H and O–H groups in total. The summed E-state index contributed by atoms with van der Waals surface area (Å²) < 4.78 is 0. The minimum Gasteiger partial charge on any atom is -0.791 e. The van der Waals surface area contributed by atoms with Crippen molar-refractivity contribution in [1.82, 2.24) is 14.7 Å². The molecule has 19 heavy (non-hydrogen) atoms. The summed E-state index contributed by atoms with van der Waals surface area (Å²) >= 11 is 14.1. The van der Waals surface area contributed by atoms with Crippen molar-refractivity contribution in [2.45, 2.75) is 0 Å². The zero-order chi connectivity index (χ0) is 15.0. The summed E-state index contributed by atoms with van der Waals surface area (Å²) in [4.78, 5) is 6.23. The molecule has 0 saturated carbocycles. The molecule has 116 valence electrons. The molecule has 0 fully saturated rings. The predicted octanol–water partition coefficient (Wildman–Crippen LogP) is -0.0961. The predicted molar refractivity (Wildman–Crippen MR) is 98.1 cm³/mol. The first-order valence-electron chi connectivity index (χ1n) is 6.00. The van der Waals surface area contributed by atoms with Gasteiger partial charge < -0.3 is 52.6 Å². The summed E-state index contributed by atoms with van der Waals surface area (Å²) in [7, 11) is 12.1. The molecule has 0 amide bonds. The van der Waals surface area contributed by atoms with Gasteiger partial charge in [0, 0.05) is 0 Å². The average molecular weight is 434 g/mol. The molecule has 0 aromatic carbocycles. The molecule has 0 rings (SSSR count). The van der Waals surface area contributed by atoms with Crippen molar-refractivity contribution in [3.63, 3.8) is 0 Å². The second-order valence-electron chi connectivity index (χ2n) is 4.52. The van der Waals surface area contributed by atoms with Gasteiger partial charge in [-0.2, -0.15) is 17.3 Å². The van der Waals surface area contributed by atoms with E-state index < -0.39 is 0 Å². The Labute approximate surface area is 155 Å². The fourth-order valence-electron chi connectivity index (χ4n) is 0.548. The van der Waals surface area contributed by atoms with Gasteiger partial charge in [0.25, 0.3) is 0 Å². The Morgan fingerprint density at radius 2 is 0.684 bits per heavy atom. The summed E-state index contributed by atoms with van der Waals surface area (Å²) in [6.45, 7) is 3.07. The Morgan fingerprint density at radius 3 is 0.684 bits per heavy atom. The van der Waals surface area contributed by atoms with Gasteiger partial charge in [-0.15, -0.1) is 0 Å². The van der Waals surface area contributed by atoms with E-state index in [2.05, 4.69) is 52.6 Å². The standard InChI is InChI=1S/3C4H11NS.Sb/c3*1-5(2)3-4-6;/h3*6H,3-4H2,1-2H3;/q;;;+3/p-3. The molecule has 0 aliphatic heterocycles. The van der Waals surface area contributed by atoms with Crippen molar-refractivity contribution < 1.29 is 0 Å². The summed E-state index contributed by atoms with van der Waals surface area (Å²) in [5, 5.41) is 0. The van der Waals surface area contributed by atoms with Crippen molar-refractivity contribution in [1.29, 1.82) is 0 Å². The van der Waals surface area contributed by atoms with Gasteiger partial charge in [-0.1, -0.05) is 0 Å². The van der Waals surface area contributed by atoms with E-state index in [1.54, 1.807) is 0 Å². The molecular formula is C12H30N3S3Sb. The molecule has 3 nitrogen and oxygen atoms in total. The van der Waals surface area contributed by atoms with E-state index in [9.17, 15) is 0 Å². The van der Waals surface area contributed by atoms with Gasteiger partial charge in [-0.25, -0.2) is 0 Å². The second kappa shape index (κ2) is 24.7. The zero-order valence-electron chi connectivity index (χ0n) is 13.3. The van der Waals surface area contributed by atoms with Crippen LogP contribution in [0.4, 0.5) is 0 Å². The van der Waals surface area contributed by atoms with Crippen molar-refractivity contribution >= 4 is 62.3 Å². The zero-order valence-corrected chi connectivity index (χ0v) is 18.3. The second-order valence-corrected chi connectivity index (χ2v) is 5.75. The van der Waals surface area contributed by atoms with Crippen molar-refractivity contribution in [3.05, 3.63) is 0 Å². The first kappa shape index (κ1) is 28.8. The fourth-order valence-corrected chi connectivity index (χ4v) is 1.64. The summed E-state index contributed by atoms with van der Waals surface area (Å²) in [5.74, 6) is 2.52. The molecular weight excluding hydrogens is 404 g/mol. The first-order chi connectivity index (χ1) is 8.31. The quantitative estimate of drug-likeness (QED) is 0.424. The molecule has 0 aliphatic rings. The van der Waals surface area contributed by atoms with Crippen LogP contribution < -0.4 is 0 Å². The molecule has 2 radical (unpaired) electrons. The molecule has 0 atom stereocenters. The van der Waals surface area contributed by atoms with E-state index in [1.807, 2.05) is 42.3 Å². The molecule has 0 spiro atoms. The third kappa shape index (κ3) is 53.8. The largest absolute Gasteiger partial charge is 3.00 e. The van der Waals surface area contributed by atoms with Crippen LogP contribution in [-0.2, 0) is 37.9 Å². The Morgan fingerprint density at radius 1 is 0.526 bits per heavy atom. The van der Waals surface area contributed by atoms with Gasteiger partial charge in [0.2, 0.25) is 0 Å². The molecule has 7 heteroatoms. The third-order valence-electron chi connectivity index (χ3n) is 1.62. The number of hydrogen-bond acceptors (Lipinski definition) is 6. The van der Waals surface area contributed by atoms with Crippen LogP contribution in [0.1, 0.15) is 0 Å². The van der Waals surface area contributed by atoms with Crippen molar-refractivity contribution in [2.75, 3.05) is 79.2 Å². The monoisotopic (exact) mass is 433 g/mol. The van der Waals surface area contributed by atoms with Crippen LogP contribution in [0.2, 0.25) is 0 Å². The van der Waals surface area contributed by atoms with Crippen LogP contribution in [0.15, 0.2) is 0 Å². The summed E-state index contributed by atoms with van der Waals surface area (Å²) in [6.07, 6.45) is 0. The number of rotatable bonds is 6. The van der Waals surface area contributed by atoms with Crippen LogP contribution in [0.3, 0.4) is 0 Å². The molecule has 0 aliphatic carbocycles. The molecule has 0 unspecified atom stereocenters.